The summed E-state index contributed by atoms with van der Waals surface area (Å²) in [7, 11) is 0. The highest BCUT2D eigenvalue weighted by atomic mass is 14.9. The van der Waals surface area contributed by atoms with E-state index in [1.807, 2.05) is 0 Å². The van der Waals surface area contributed by atoms with E-state index >= 15 is 0 Å². The van der Waals surface area contributed by atoms with Crippen molar-refractivity contribution in [2.45, 2.75) is 90.4 Å². The van der Waals surface area contributed by atoms with Crippen LogP contribution in [0.2, 0.25) is 0 Å². The fourth-order valence-corrected chi connectivity index (χ4v) is 4.22. The Morgan fingerprint density at radius 1 is 0.900 bits per heavy atom. The number of hydrogen-bond donors (Lipinski definition) is 0. The molecule has 0 atom stereocenters. The Kier molecular flexibility index (Phi) is 6.79. The third-order valence-electron chi connectivity index (χ3n) is 5.78. The molecule has 0 heterocycles. The van der Waals surface area contributed by atoms with Crippen molar-refractivity contribution < 1.29 is 4.79 Å². The topological polar surface area (TPSA) is 36.4 Å². The van der Waals surface area contributed by atoms with Crippen LogP contribution >= 0.6 is 0 Å². The summed E-state index contributed by atoms with van der Waals surface area (Å²) in [6, 6.07) is 0. The van der Waals surface area contributed by atoms with Crippen LogP contribution in [0.25, 0.3) is 5.53 Å². The Bertz CT molecular complexity index is 316. The minimum Gasteiger partial charge on any atom is -0.362 e. The Morgan fingerprint density at radius 2 is 1.55 bits per heavy atom. The maximum atomic E-state index is 9.25. The highest BCUT2D eigenvalue weighted by Crippen LogP contribution is 2.33. The maximum absolute atomic E-state index is 9.25. The molecule has 0 amide bonds. The van der Waals surface area contributed by atoms with Gasteiger partial charge in [0.1, 0.15) is 0 Å². The summed E-state index contributed by atoms with van der Waals surface area (Å²) < 4.78 is 0. The molecule has 0 spiro atoms. The van der Waals surface area contributed by atoms with Gasteiger partial charge in [-0.05, 0) is 37.0 Å². The highest BCUT2D eigenvalue weighted by Gasteiger charge is 2.23. The molecule has 0 aromatic heterocycles. The zero-order chi connectivity index (χ0) is 14.2. The molecule has 0 aliphatic heterocycles. The molecular formula is C18H32N2. The second kappa shape index (κ2) is 8.62. The molecule has 2 heteroatoms. The average Bonchev–Trinajstić information content (AvgIpc) is 2.53. The Hall–Kier alpha value is -0.620. The summed E-state index contributed by atoms with van der Waals surface area (Å²) in [4.78, 5) is 3.61. The lowest BCUT2D eigenvalue weighted by atomic mass is 9.78. The first-order chi connectivity index (χ1) is 9.81. The van der Waals surface area contributed by atoms with E-state index in [-0.39, 0.29) is 0 Å². The van der Waals surface area contributed by atoms with E-state index in [0.717, 1.165) is 36.3 Å². The van der Waals surface area contributed by atoms with Gasteiger partial charge in [0.2, 0.25) is 0 Å². The van der Waals surface area contributed by atoms with Crippen molar-refractivity contribution in [3.8, 4) is 0 Å². The van der Waals surface area contributed by atoms with Crippen LogP contribution in [0.15, 0.2) is 0 Å². The summed E-state index contributed by atoms with van der Waals surface area (Å²) in [6.45, 7) is 2.33. The lowest BCUT2D eigenvalue weighted by Gasteiger charge is -2.27. The van der Waals surface area contributed by atoms with Crippen LogP contribution in [-0.4, -0.2) is 10.5 Å². The first-order valence-corrected chi connectivity index (χ1v) is 9.01. The van der Waals surface area contributed by atoms with Gasteiger partial charge in [0.25, 0.3) is 5.71 Å². The van der Waals surface area contributed by atoms with Crippen LogP contribution < -0.4 is 0 Å². The maximum Gasteiger partial charge on any atom is 0.269 e. The van der Waals surface area contributed by atoms with Gasteiger partial charge in [0.05, 0.1) is 0 Å². The zero-order valence-corrected chi connectivity index (χ0v) is 13.3. The minimum absolute atomic E-state index is 0.797. The molecule has 0 bridgehead atoms. The van der Waals surface area contributed by atoms with Crippen LogP contribution in [0.1, 0.15) is 90.4 Å². The number of rotatable bonds is 6. The van der Waals surface area contributed by atoms with Gasteiger partial charge in [0, 0.05) is 12.8 Å². The average molecular weight is 276 g/mol. The summed E-state index contributed by atoms with van der Waals surface area (Å²) in [5, 5.41) is 0. The fourth-order valence-electron chi connectivity index (χ4n) is 4.22. The molecule has 114 valence electrons. The van der Waals surface area contributed by atoms with Crippen LogP contribution in [0.5, 0.6) is 0 Å². The third-order valence-corrected chi connectivity index (χ3v) is 5.78. The van der Waals surface area contributed by atoms with Crippen molar-refractivity contribution in [2.75, 3.05) is 0 Å². The molecule has 0 radical (unpaired) electrons. The third kappa shape index (κ3) is 5.05. The SMILES string of the molecule is CCC1CCC(CCC(CC2CCCCC2)=[N+]=[N-])CC1. The predicted octanol–water partition coefficient (Wildman–Crippen LogP) is 5.62. The normalized spacial score (nSPS) is 28.1. The number of nitrogens with zero attached hydrogens (tertiary/aromatic N) is 2. The quantitative estimate of drug-likeness (QED) is 0.343. The second-order valence-electron chi connectivity index (χ2n) is 7.21. The van der Waals surface area contributed by atoms with Crippen LogP contribution in [0, 0.1) is 17.8 Å². The van der Waals surface area contributed by atoms with Gasteiger partial charge >= 0.3 is 0 Å². The van der Waals surface area contributed by atoms with Gasteiger partial charge in [-0.1, -0.05) is 58.3 Å². The fraction of sp³-hybridized carbons (Fsp3) is 0.944. The molecule has 2 saturated carbocycles. The minimum atomic E-state index is 0.797. The van der Waals surface area contributed by atoms with E-state index in [9.17, 15) is 5.53 Å². The second-order valence-corrected chi connectivity index (χ2v) is 7.21. The van der Waals surface area contributed by atoms with Gasteiger partial charge in [-0.25, -0.2) is 0 Å². The lowest BCUT2D eigenvalue weighted by molar-refractivity contribution is -0.0139. The smallest absolute Gasteiger partial charge is 0.269 e. The van der Waals surface area contributed by atoms with Crippen molar-refractivity contribution in [2.24, 2.45) is 17.8 Å². The van der Waals surface area contributed by atoms with Gasteiger partial charge in [-0.15, -0.1) is 0 Å². The molecule has 0 aromatic carbocycles. The van der Waals surface area contributed by atoms with E-state index in [4.69, 9.17) is 0 Å². The monoisotopic (exact) mass is 276 g/mol. The summed E-state index contributed by atoms with van der Waals surface area (Å²) >= 11 is 0. The van der Waals surface area contributed by atoms with Gasteiger partial charge in [-0.3, -0.25) is 0 Å². The van der Waals surface area contributed by atoms with Crippen molar-refractivity contribution in [1.29, 1.82) is 0 Å². The van der Waals surface area contributed by atoms with Crippen molar-refractivity contribution >= 4 is 5.71 Å². The summed E-state index contributed by atoms with van der Waals surface area (Å²) in [6.07, 6.45) is 17.2. The summed E-state index contributed by atoms with van der Waals surface area (Å²) in [5.41, 5.74) is 10.3. The van der Waals surface area contributed by atoms with E-state index in [1.54, 1.807) is 0 Å². The van der Waals surface area contributed by atoms with E-state index in [0.29, 0.717) is 0 Å². The van der Waals surface area contributed by atoms with E-state index < -0.39 is 0 Å². The Morgan fingerprint density at radius 3 is 2.15 bits per heavy atom. The van der Waals surface area contributed by atoms with Crippen molar-refractivity contribution in [1.82, 2.24) is 0 Å². The van der Waals surface area contributed by atoms with Gasteiger partial charge in [-0.2, -0.15) is 4.79 Å². The summed E-state index contributed by atoms with van der Waals surface area (Å²) in [5.74, 6) is 2.67. The Labute approximate surface area is 125 Å². The molecule has 2 nitrogen and oxygen atoms in total. The standard InChI is InChI=1S/C18H32N2/c1-2-15-8-10-16(11-9-15)12-13-18(20-19)14-17-6-4-3-5-7-17/h15-17H,2-14H2,1H3. The van der Waals surface area contributed by atoms with E-state index in [2.05, 4.69) is 11.7 Å². The molecular weight excluding hydrogens is 244 g/mol. The molecule has 0 saturated heterocycles. The van der Waals surface area contributed by atoms with Gasteiger partial charge < -0.3 is 5.53 Å². The molecule has 2 fully saturated rings. The lowest BCUT2D eigenvalue weighted by Crippen LogP contribution is -2.17. The molecule has 20 heavy (non-hydrogen) atoms. The molecule has 0 unspecified atom stereocenters. The van der Waals surface area contributed by atoms with Crippen LogP contribution in [0.4, 0.5) is 0 Å². The molecule has 2 rings (SSSR count). The highest BCUT2D eigenvalue weighted by molar-refractivity contribution is 5.79. The molecule has 0 aromatic rings. The van der Waals surface area contributed by atoms with Crippen LogP contribution in [-0.2, 0) is 0 Å². The van der Waals surface area contributed by atoms with Gasteiger partial charge in [0.15, 0.2) is 0 Å². The molecule has 2 aliphatic rings. The molecule has 0 N–H and O–H groups in total. The van der Waals surface area contributed by atoms with Crippen LogP contribution in [0.3, 0.4) is 0 Å². The Balaban J connectivity index is 1.67. The predicted molar refractivity (Wildman–Crippen MR) is 84.8 cm³/mol. The van der Waals surface area contributed by atoms with E-state index in [1.165, 1.54) is 70.6 Å². The number of hydrogen-bond acceptors (Lipinski definition) is 0. The van der Waals surface area contributed by atoms with Crippen molar-refractivity contribution in [3.63, 3.8) is 0 Å². The first kappa shape index (κ1) is 15.8. The molecule has 2 aliphatic carbocycles. The first-order valence-electron chi connectivity index (χ1n) is 9.01. The largest absolute Gasteiger partial charge is 0.362 e. The van der Waals surface area contributed by atoms with Crippen molar-refractivity contribution in [3.05, 3.63) is 5.53 Å². The zero-order valence-electron chi connectivity index (χ0n) is 13.3.